The van der Waals surface area contributed by atoms with Crippen molar-refractivity contribution < 1.29 is 28.6 Å². The number of carbonyl (C=O) groups excluding carboxylic acids is 3. The second kappa shape index (κ2) is 8.10. The summed E-state index contributed by atoms with van der Waals surface area (Å²) >= 11 is 0. The number of carbonyl (C=O) groups is 3. The normalized spacial score (nSPS) is 11.1. The van der Waals surface area contributed by atoms with E-state index >= 15 is 0 Å². The van der Waals surface area contributed by atoms with Crippen LogP contribution >= 0.6 is 0 Å². The Kier molecular flexibility index (Phi) is 7.18. The van der Waals surface area contributed by atoms with Crippen molar-refractivity contribution in [2.24, 2.45) is 0 Å². The molecule has 0 saturated carbocycles. The minimum Gasteiger partial charge on any atom is -0.450 e. The van der Waals surface area contributed by atoms with Crippen LogP contribution in [0.3, 0.4) is 0 Å². The fourth-order valence-electron chi connectivity index (χ4n) is 0.798. The van der Waals surface area contributed by atoms with E-state index in [0.29, 0.717) is 0 Å². The highest BCUT2D eigenvalue weighted by atomic mass is 16.7. The minimum atomic E-state index is -0.896. The van der Waals surface area contributed by atoms with Crippen LogP contribution in [-0.2, 0) is 23.8 Å². The van der Waals surface area contributed by atoms with Gasteiger partial charge in [0, 0.05) is 5.57 Å². The van der Waals surface area contributed by atoms with Gasteiger partial charge in [-0.3, -0.25) is 0 Å². The fourth-order valence-corrected chi connectivity index (χ4v) is 0.798. The molecule has 0 radical (unpaired) electrons. The second-order valence-corrected chi connectivity index (χ2v) is 3.38. The molecule has 102 valence electrons. The summed E-state index contributed by atoms with van der Waals surface area (Å²) in [6.07, 6.45) is -0.721. The molecule has 0 aliphatic rings. The van der Waals surface area contributed by atoms with Gasteiger partial charge >= 0.3 is 18.0 Å². The van der Waals surface area contributed by atoms with Gasteiger partial charge < -0.3 is 19.5 Å². The van der Waals surface area contributed by atoms with Crippen molar-refractivity contribution in [2.45, 2.75) is 26.8 Å². The summed E-state index contributed by atoms with van der Waals surface area (Å²) < 4.78 is 13.7. The zero-order chi connectivity index (χ0) is 14.1. The standard InChI is InChI=1S/C11H17NO6/c1-5-16-11(15)12-8(4)10(14)18-6-17-9(13)7(2)3/h8H,2,5-6H2,1,3-4H3,(H,12,15). The number of amides is 1. The average molecular weight is 259 g/mol. The van der Waals surface area contributed by atoms with Gasteiger partial charge in [-0.05, 0) is 20.8 Å². The molecule has 7 nitrogen and oxygen atoms in total. The molecule has 0 aromatic rings. The molecule has 1 N–H and O–H groups in total. The summed E-state index contributed by atoms with van der Waals surface area (Å²) in [6, 6.07) is -0.896. The number of hydrogen-bond donors (Lipinski definition) is 1. The van der Waals surface area contributed by atoms with Gasteiger partial charge in [0.25, 0.3) is 0 Å². The Bertz CT molecular complexity index is 338. The zero-order valence-corrected chi connectivity index (χ0v) is 10.6. The molecule has 0 aromatic heterocycles. The highest BCUT2D eigenvalue weighted by molar-refractivity contribution is 5.87. The highest BCUT2D eigenvalue weighted by Crippen LogP contribution is 1.94. The third kappa shape index (κ3) is 6.51. The van der Waals surface area contributed by atoms with E-state index in [1.807, 2.05) is 0 Å². The maximum atomic E-state index is 11.3. The van der Waals surface area contributed by atoms with Crippen molar-refractivity contribution in [1.82, 2.24) is 5.32 Å². The Balaban J connectivity index is 3.91. The van der Waals surface area contributed by atoms with E-state index in [0.717, 1.165) is 0 Å². The van der Waals surface area contributed by atoms with Crippen LogP contribution in [0.2, 0.25) is 0 Å². The molecule has 0 aliphatic carbocycles. The first kappa shape index (κ1) is 16.0. The van der Waals surface area contributed by atoms with E-state index in [2.05, 4.69) is 26.1 Å². The molecule has 0 rings (SSSR count). The first-order chi connectivity index (χ1) is 8.38. The van der Waals surface area contributed by atoms with Gasteiger partial charge in [-0.2, -0.15) is 0 Å². The van der Waals surface area contributed by atoms with E-state index in [4.69, 9.17) is 0 Å². The Hall–Kier alpha value is -2.05. The molecular formula is C11H17NO6. The molecule has 18 heavy (non-hydrogen) atoms. The molecule has 0 saturated heterocycles. The maximum absolute atomic E-state index is 11.3. The van der Waals surface area contributed by atoms with Crippen molar-refractivity contribution in [2.75, 3.05) is 13.4 Å². The van der Waals surface area contributed by atoms with E-state index in [1.165, 1.54) is 13.8 Å². The number of esters is 2. The lowest BCUT2D eigenvalue weighted by molar-refractivity contribution is -0.165. The lowest BCUT2D eigenvalue weighted by Crippen LogP contribution is -2.40. The van der Waals surface area contributed by atoms with E-state index < -0.39 is 30.9 Å². The van der Waals surface area contributed by atoms with Crippen molar-refractivity contribution in [3.05, 3.63) is 12.2 Å². The van der Waals surface area contributed by atoms with Crippen molar-refractivity contribution in [1.29, 1.82) is 0 Å². The molecule has 0 aromatic carbocycles. The average Bonchev–Trinajstić information content (AvgIpc) is 2.28. The minimum absolute atomic E-state index is 0.198. The van der Waals surface area contributed by atoms with Gasteiger partial charge in [0.05, 0.1) is 6.61 Å². The molecule has 1 unspecified atom stereocenters. The quantitative estimate of drug-likeness (QED) is 0.430. The summed E-state index contributed by atoms with van der Waals surface area (Å²) in [7, 11) is 0. The topological polar surface area (TPSA) is 90.9 Å². The van der Waals surface area contributed by atoms with Gasteiger partial charge in [-0.25, -0.2) is 14.4 Å². The zero-order valence-electron chi connectivity index (χ0n) is 10.6. The summed E-state index contributed by atoms with van der Waals surface area (Å²) in [5, 5.41) is 2.25. The Morgan fingerprint density at radius 2 is 1.83 bits per heavy atom. The monoisotopic (exact) mass is 259 g/mol. The Labute approximate surface area is 105 Å². The Morgan fingerprint density at radius 3 is 2.33 bits per heavy atom. The third-order valence-corrected chi connectivity index (χ3v) is 1.70. The third-order valence-electron chi connectivity index (χ3n) is 1.70. The number of nitrogens with one attached hydrogen (secondary N) is 1. The molecule has 1 atom stereocenters. The van der Waals surface area contributed by atoms with Crippen LogP contribution in [0.15, 0.2) is 12.2 Å². The van der Waals surface area contributed by atoms with Gasteiger partial charge in [0.15, 0.2) is 0 Å². The van der Waals surface area contributed by atoms with Gasteiger partial charge in [0.2, 0.25) is 6.79 Å². The summed E-state index contributed by atoms with van der Waals surface area (Å²) in [6.45, 7) is 7.55. The largest absolute Gasteiger partial charge is 0.450 e. The van der Waals surface area contributed by atoms with E-state index in [-0.39, 0.29) is 12.2 Å². The molecule has 0 fully saturated rings. The molecule has 0 bridgehead atoms. The molecule has 0 heterocycles. The van der Waals surface area contributed by atoms with Gasteiger partial charge in [0.1, 0.15) is 6.04 Å². The predicted octanol–water partition coefficient (Wildman–Crippen LogP) is 0.741. The van der Waals surface area contributed by atoms with Gasteiger partial charge in [-0.1, -0.05) is 6.58 Å². The number of rotatable bonds is 6. The molecule has 0 spiro atoms. The van der Waals surface area contributed by atoms with E-state index in [9.17, 15) is 14.4 Å². The molecule has 1 amide bonds. The van der Waals surface area contributed by atoms with Crippen LogP contribution < -0.4 is 5.32 Å². The highest BCUT2D eigenvalue weighted by Gasteiger charge is 2.18. The lowest BCUT2D eigenvalue weighted by atomic mass is 10.3. The molecule has 0 aliphatic heterocycles. The first-order valence-corrected chi connectivity index (χ1v) is 5.31. The van der Waals surface area contributed by atoms with Crippen molar-refractivity contribution in [3.63, 3.8) is 0 Å². The van der Waals surface area contributed by atoms with E-state index in [1.54, 1.807) is 6.92 Å². The number of ether oxygens (including phenoxy) is 3. The predicted molar refractivity (Wildman–Crippen MR) is 61.5 cm³/mol. The number of alkyl carbamates (subject to hydrolysis) is 1. The number of hydrogen-bond acceptors (Lipinski definition) is 6. The van der Waals surface area contributed by atoms with Crippen molar-refractivity contribution in [3.8, 4) is 0 Å². The molecular weight excluding hydrogens is 242 g/mol. The lowest BCUT2D eigenvalue weighted by Gasteiger charge is -2.12. The SMILES string of the molecule is C=C(C)C(=O)OCOC(=O)C(C)NC(=O)OCC. The van der Waals surface area contributed by atoms with Crippen LogP contribution in [0, 0.1) is 0 Å². The van der Waals surface area contributed by atoms with Crippen LogP contribution in [0.5, 0.6) is 0 Å². The smallest absolute Gasteiger partial charge is 0.407 e. The summed E-state index contributed by atoms with van der Waals surface area (Å²) in [4.78, 5) is 33.3. The Morgan fingerprint density at radius 1 is 1.22 bits per heavy atom. The second-order valence-electron chi connectivity index (χ2n) is 3.38. The maximum Gasteiger partial charge on any atom is 0.407 e. The summed E-state index contributed by atoms with van der Waals surface area (Å²) in [5.41, 5.74) is 0.198. The van der Waals surface area contributed by atoms with Crippen LogP contribution in [0.25, 0.3) is 0 Å². The van der Waals surface area contributed by atoms with Crippen LogP contribution in [0.4, 0.5) is 4.79 Å². The van der Waals surface area contributed by atoms with Crippen molar-refractivity contribution >= 4 is 18.0 Å². The first-order valence-electron chi connectivity index (χ1n) is 5.31. The molecule has 7 heteroatoms. The van der Waals surface area contributed by atoms with Crippen LogP contribution in [0.1, 0.15) is 20.8 Å². The van der Waals surface area contributed by atoms with Crippen LogP contribution in [-0.4, -0.2) is 37.5 Å². The van der Waals surface area contributed by atoms with Gasteiger partial charge in [-0.15, -0.1) is 0 Å². The summed E-state index contributed by atoms with van der Waals surface area (Å²) in [5.74, 6) is -1.40. The fraction of sp³-hybridized carbons (Fsp3) is 0.545.